The number of anilines is 1. The minimum Gasteiger partial charge on any atom is -0.369 e. The second kappa shape index (κ2) is 4.19. The highest BCUT2D eigenvalue weighted by molar-refractivity contribution is 8.00. The van der Waals surface area contributed by atoms with Crippen LogP contribution in [0.1, 0.15) is 18.9 Å². The first-order valence-corrected chi connectivity index (χ1v) is 7.47. The zero-order chi connectivity index (χ0) is 12.8. The molecule has 2 aliphatic rings. The van der Waals surface area contributed by atoms with Gasteiger partial charge in [-0.1, -0.05) is 25.1 Å². The highest BCUT2D eigenvalue weighted by Crippen LogP contribution is 2.45. The van der Waals surface area contributed by atoms with Gasteiger partial charge in [0.1, 0.15) is 0 Å². The summed E-state index contributed by atoms with van der Waals surface area (Å²) in [6.07, 6.45) is 1.16. The molecule has 1 spiro atoms. The van der Waals surface area contributed by atoms with E-state index in [1.54, 1.807) is 0 Å². The fourth-order valence-corrected chi connectivity index (χ4v) is 4.47. The lowest BCUT2D eigenvalue weighted by Crippen LogP contribution is -2.55. The third-order valence-corrected chi connectivity index (χ3v) is 5.58. The Bertz CT molecular complexity index is 500. The van der Waals surface area contributed by atoms with Gasteiger partial charge in [-0.3, -0.25) is 4.99 Å². The monoisotopic (exact) mass is 261 g/mol. The van der Waals surface area contributed by atoms with Gasteiger partial charge in [0.25, 0.3) is 0 Å². The van der Waals surface area contributed by atoms with Crippen LogP contribution in [0.15, 0.2) is 29.3 Å². The number of rotatable bonds is 1. The second-order valence-corrected chi connectivity index (χ2v) is 6.61. The first kappa shape index (κ1) is 11.9. The zero-order valence-electron chi connectivity index (χ0n) is 10.9. The normalized spacial score (nSPS) is 31.1. The molecule has 1 aromatic carbocycles. The van der Waals surface area contributed by atoms with Crippen molar-refractivity contribution in [3.05, 3.63) is 29.8 Å². The van der Waals surface area contributed by atoms with Gasteiger partial charge in [-0.2, -0.15) is 11.8 Å². The lowest BCUT2D eigenvalue weighted by Gasteiger charge is -2.39. The van der Waals surface area contributed by atoms with E-state index in [9.17, 15) is 0 Å². The molecule has 0 radical (unpaired) electrons. The van der Waals surface area contributed by atoms with Crippen LogP contribution in [0.25, 0.3) is 0 Å². The molecule has 0 aliphatic carbocycles. The molecule has 3 nitrogen and oxygen atoms in total. The highest BCUT2D eigenvalue weighted by atomic mass is 32.2. The predicted octanol–water partition coefficient (Wildman–Crippen LogP) is 2.39. The maximum Gasteiger partial charge on any atom is 0.196 e. The quantitative estimate of drug-likeness (QED) is 0.844. The van der Waals surface area contributed by atoms with Crippen molar-refractivity contribution in [3.63, 3.8) is 0 Å². The Balaban J connectivity index is 2.08. The van der Waals surface area contributed by atoms with Crippen molar-refractivity contribution in [2.45, 2.75) is 31.1 Å². The Morgan fingerprint density at radius 1 is 1.44 bits per heavy atom. The van der Waals surface area contributed by atoms with Crippen LogP contribution in [0.3, 0.4) is 0 Å². The minimum atomic E-state index is 0.0981. The number of nitrogens with zero attached hydrogens (tertiary/aromatic N) is 2. The number of hydrogen-bond donors (Lipinski definition) is 1. The Kier molecular flexibility index (Phi) is 2.77. The van der Waals surface area contributed by atoms with Crippen LogP contribution in [0.5, 0.6) is 0 Å². The minimum absolute atomic E-state index is 0.0981. The van der Waals surface area contributed by atoms with Gasteiger partial charge in [0.05, 0.1) is 12.1 Å². The maximum atomic E-state index is 6.16. The van der Waals surface area contributed by atoms with E-state index in [4.69, 9.17) is 5.73 Å². The summed E-state index contributed by atoms with van der Waals surface area (Å²) in [5.41, 5.74) is 8.74. The topological polar surface area (TPSA) is 41.6 Å². The molecule has 4 heteroatoms. The van der Waals surface area contributed by atoms with E-state index in [1.165, 1.54) is 17.0 Å². The first-order valence-electron chi connectivity index (χ1n) is 6.42. The fraction of sp³-hybridized carbons (Fsp3) is 0.500. The van der Waals surface area contributed by atoms with Crippen LogP contribution in [0, 0.1) is 6.92 Å². The molecule has 1 aromatic rings. The summed E-state index contributed by atoms with van der Waals surface area (Å²) in [5, 5.41) is 0.571. The molecule has 96 valence electrons. The largest absolute Gasteiger partial charge is 0.369 e. The molecule has 2 N–H and O–H groups in total. The molecular weight excluding hydrogens is 242 g/mol. The lowest BCUT2D eigenvalue weighted by atomic mass is 9.90. The van der Waals surface area contributed by atoms with Crippen LogP contribution in [0.4, 0.5) is 5.69 Å². The lowest BCUT2D eigenvalue weighted by molar-refractivity contribution is 0.459. The Morgan fingerprint density at radius 2 is 2.22 bits per heavy atom. The van der Waals surface area contributed by atoms with E-state index in [2.05, 4.69) is 48.0 Å². The summed E-state index contributed by atoms with van der Waals surface area (Å²) in [6.45, 7) is 5.28. The van der Waals surface area contributed by atoms with Crippen LogP contribution in [-0.2, 0) is 0 Å². The molecule has 0 aromatic heterocycles. The van der Waals surface area contributed by atoms with E-state index >= 15 is 0 Å². The molecule has 0 saturated carbocycles. The summed E-state index contributed by atoms with van der Waals surface area (Å²) in [7, 11) is 0. The molecule has 2 aliphatic heterocycles. The second-order valence-electron chi connectivity index (χ2n) is 5.16. The van der Waals surface area contributed by atoms with Gasteiger partial charge in [-0.25, -0.2) is 0 Å². The predicted molar refractivity (Wildman–Crippen MR) is 79.4 cm³/mol. The number of aliphatic imine (C=N–C) groups is 1. The van der Waals surface area contributed by atoms with Crippen molar-refractivity contribution in [1.29, 1.82) is 0 Å². The van der Waals surface area contributed by atoms with E-state index in [-0.39, 0.29) is 5.54 Å². The van der Waals surface area contributed by atoms with E-state index in [0.717, 1.165) is 13.0 Å². The molecule has 0 bridgehead atoms. The van der Waals surface area contributed by atoms with E-state index in [1.807, 2.05) is 11.8 Å². The third-order valence-electron chi connectivity index (χ3n) is 4.21. The average Bonchev–Trinajstić information content (AvgIpc) is 2.87. The Hall–Kier alpha value is -1.16. The summed E-state index contributed by atoms with van der Waals surface area (Å²) in [4.78, 5) is 6.81. The Labute approximate surface area is 112 Å². The number of guanidine groups is 1. The maximum absolute atomic E-state index is 6.16. The summed E-state index contributed by atoms with van der Waals surface area (Å²) in [6, 6.07) is 8.44. The van der Waals surface area contributed by atoms with Crippen LogP contribution in [0.2, 0.25) is 0 Å². The van der Waals surface area contributed by atoms with Crippen molar-refractivity contribution < 1.29 is 0 Å². The van der Waals surface area contributed by atoms with Crippen LogP contribution < -0.4 is 10.6 Å². The molecule has 18 heavy (non-hydrogen) atoms. The van der Waals surface area contributed by atoms with Crippen molar-refractivity contribution in [3.8, 4) is 0 Å². The average molecular weight is 261 g/mol. The molecule has 1 saturated heterocycles. The van der Waals surface area contributed by atoms with Crippen LogP contribution in [-0.4, -0.2) is 29.0 Å². The molecular formula is C14H19N3S. The van der Waals surface area contributed by atoms with Gasteiger partial charge in [-0.15, -0.1) is 0 Å². The summed E-state index contributed by atoms with van der Waals surface area (Å²) in [5.74, 6) is 1.88. The molecule has 2 atom stereocenters. The SMILES string of the molecule is Cc1ccccc1N1C(N)=NCC12CCSC2C. The van der Waals surface area contributed by atoms with E-state index < -0.39 is 0 Å². The van der Waals surface area contributed by atoms with Gasteiger partial charge < -0.3 is 10.6 Å². The first-order chi connectivity index (χ1) is 8.65. The molecule has 0 amide bonds. The summed E-state index contributed by atoms with van der Waals surface area (Å²) < 4.78 is 0. The molecule has 3 rings (SSSR count). The van der Waals surface area contributed by atoms with Crippen molar-refractivity contribution >= 4 is 23.4 Å². The van der Waals surface area contributed by atoms with Gasteiger partial charge in [0.2, 0.25) is 0 Å². The van der Waals surface area contributed by atoms with Crippen molar-refractivity contribution in [2.75, 3.05) is 17.2 Å². The van der Waals surface area contributed by atoms with Gasteiger partial charge in [0.15, 0.2) is 5.96 Å². The number of thioether (sulfide) groups is 1. The van der Waals surface area contributed by atoms with Gasteiger partial charge in [-0.05, 0) is 30.7 Å². The summed E-state index contributed by atoms with van der Waals surface area (Å²) >= 11 is 2.03. The smallest absolute Gasteiger partial charge is 0.196 e. The molecule has 2 unspecified atom stereocenters. The zero-order valence-corrected chi connectivity index (χ0v) is 11.7. The molecule has 1 fully saturated rings. The number of aryl methyl sites for hydroxylation is 1. The van der Waals surface area contributed by atoms with Gasteiger partial charge >= 0.3 is 0 Å². The van der Waals surface area contributed by atoms with E-state index in [0.29, 0.717) is 11.2 Å². The number of para-hydroxylation sites is 1. The standard InChI is InChI=1S/C14H19N3S/c1-10-5-3-4-6-12(10)17-13(15)16-9-14(17)7-8-18-11(14)2/h3-6,11H,7-9H2,1-2H3,(H2,15,16). The third kappa shape index (κ3) is 1.55. The number of nitrogens with two attached hydrogens (primary N) is 1. The number of hydrogen-bond acceptors (Lipinski definition) is 4. The van der Waals surface area contributed by atoms with Crippen LogP contribution >= 0.6 is 11.8 Å². The highest BCUT2D eigenvalue weighted by Gasteiger charge is 2.50. The molecule has 2 heterocycles. The van der Waals surface area contributed by atoms with Crippen molar-refractivity contribution in [1.82, 2.24) is 0 Å². The van der Waals surface area contributed by atoms with Gasteiger partial charge in [0, 0.05) is 10.9 Å². The fourth-order valence-electron chi connectivity index (χ4n) is 3.04. The number of benzene rings is 1. The van der Waals surface area contributed by atoms with Crippen molar-refractivity contribution in [2.24, 2.45) is 10.7 Å². The Morgan fingerprint density at radius 3 is 2.89 bits per heavy atom.